The first kappa shape index (κ1) is 14.1. The first-order valence-electron chi connectivity index (χ1n) is 7.13. The molecular weight excluding hydrogens is 238 g/mol. The Hall–Kier alpha value is -1.35. The summed E-state index contributed by atoms with van der Waals surface area (Å²) in [7, 11) is 0. The number of carbonyl (C=O) groups excluding carboxylic acids is 1. The third kappa shape index (κ3) is 4.06. The van der Waals surface area contributed by atoms with Gasteiger partial charge >= 0.3 is 5.97 Å². The third-order valence-electron chi connectivity index (χ3n) is 3.70. The smallest absolute Gasteiger partial charge is 0.309 e. The molecule has 1 aliphatic rings. The van der Waals surface area contributed by atoms with Crippen molar-refractivity contribution in [1.82, 2.24) is 5.32 Å². The minimum atomic E-state index is -0.0468. The Labute approximate surface area is 115 Å². The summed E-state index contributed by atoms with van der Waals surface area (Å²) in [6, 6.07) is 8.31. The maximum absolute atomic E-state index is 11.9. The van der Waals surface area contributed by atoms with Crippen LogP contribution in [0.15, 0.2) is 24.3 Å². The zero-order valence-corrected chi connectivity index (χ0v) is 11.8. The van der Waals surface area contributed by atoms with Crippen LogP contribution in [0.3, 0.4) is 0 Å². The number of ether oxygens (including phenoxy) is 1. The van der Waals surface area contributed by atoms with Crippen molar-refractivity contribution in [3.63, 3.8) is 0 Å². The van der Waals surface area contributed by atoms with Gasteiger partial charge in [-0.2, -0.15) is 0 Å². The highest BCUT2D eigenvalue weighted by atomic mass is 16.5. The molecule has 0 unspecified atom stereocenters. The number of carbonyl (C=O) groups is 1. The van der Waals surface area contributed by atoms with E-state index >= 15 is 0 Å². The molecule has 1 heterocycles. The van der Waals surface area contributed by atoms with Crippen molar-refractivity contribution in [3.8, 4) is 0 Å². The summed E-state index contributed by atoms with van der Waals surface area (Å²) in [6.45, 7) is 6.57. The Morgan fingerprint density at radius 2 is 1.89 bits per heavy atom. The van der Waals surface area contributed by atoms with E-state index < -0.39 is 0 Å². The topological polar surface area (TPSA) is 38.3 Å². The molecule has 3 heteroatoms. The van der Waals surface area contributed by atoms with Crippen LogP contribution in [0.5, 0.6) is 0 Å². The second-order valence-corrected chi connectivity index (χ2v) is 5.53. The number of benzene rings is 1. The first-order valence-corrected chi connectivity index (χ1v) is 7.13. The van der Waals surface area contributed by atoms with Crippen molar-refractivity contribution in [2.75, 3.05) is 13.1 Å². The van der Waals surface area contributed by atoms with Gasteiger partial charge < -0.3 is 10.1 Å². The summed E-state index contributed by atoms with van der Waals surface area (Å²) < 4.78 is 5.40. The Morgan fingerprint density at radius 3 is 2.47 bits per heavy atom. The van der Waals surface area contributed by atoms with Crippen molar-refractivity contribution in [2.24, 2.45) is 5.92 Å². The monoisotopic (exact) mass is 261 g/mol. The largest absolute Gasteiger partial charge is 0.461 e. The number of hydrogen-bond acceptors (Lipinski definition) is 3. The van der Waals surface area contributed by atoms with Gasteiger partial charge in [0.1, 0.15) is 6.61 Å². The number of esters is 1. The molecule has 0 spiro atoms. The summed E-state index contributed by atoms with van der Waals surface area (Å²) in [4.78, 5) is 11.9. The van der Waals surface area contributed by atoms with E-state index in [1.165, 1.54) is 5.56 Å². The van der Waals surface area contributed by atoms with Crippen molar-refractivity contribution in [3.05, 3.63) is 35.4 Å². The van der Waals surface area contributed by atoms with Crippen LogP contribution < -0.4 is 5.32 Å². The normalized spacial score (nSPS) is 16.6. The van der Waals surface area contributed by atoms with Gasteiger partial charge in [0.15, 0.2) is 0 Å². The number of piperidine rings is 1. The van der Waals surface area contributed by atoms with Gasteiger partial charge in [-0.05, 0) is 43.0 Å². The van der Waals surface area contributed by atoms with E-state index in [2.05, 4.69) is 31.3 Å². The molecule has 1 N–H and O–H groups in total. The second kappa shape index (κ2) is 6.71. The number of hydrogen-bond donors (Lipinski definition) is 1. The molecule has 0 saturated carbocycles. The molecule has 1 saturated heterocycles. The van der Waals surface area contributed by atoms with Gasteiger partial charge in [0.2, 0.25) is 0 Å². The second-order valence-electron chi connectivity index (χ2n) is 5.53. The van der Waals surface area contributed by atoms with E-state index in [0.717, 1.165) is 31.5 Å². The van der Waals surface area contributed by atoms with Gasteiger partial charge in [0.05, 0.1) is 5.92 Å². The average Bonchev–Trinajstić information content (AvgIpc) is 2.46. The molecule has 0 atom stereocenters. The van der Waals surface area contributed by atoms with E-state index in [0.29, 0.717) is 12.5 Å². The van der Waals surface area contributed by atoms with Gasteiger partial charge in [0, 0.05) is 0 Å². The average molecular weight is 261 g/mol. The summed E-state index contributed by atoms with van der Waals surface area (Å²) in [6.07, 6.45) is 1.79. The van der Waals surface area contributed by atoms with E-state index in [4.69, 9.17) is 4.74 Å². The molecule has 0 aliphatic carbocycles. The summed E-state index contributed by atoms with van der Waals surface area (Å²) in [5.41, 5.74) is 2.38. The molecule has 0 bridgehead atoms. The Bertz CT molecular complexity index is 405. The Kier molecular flexibility index (Phi) is 4.97. The molecule has 3 nitrogen and oxygen atoms in total. The zero-order chi connectivity index (χ0) is 13.7. The lowest BCUT2D eigenvalue weighted by Gasteiger charge is -2.21. The molecule has 1 aromatic carbocycles. The van der Waals surface area contributed by atoms with Gasteiger partial charge in [-0.1, -0.05) is 38.1 Å². The summed E-state index contributed by atoms with van der Waals surface area (Å²) >= 11 is 0. The number of rotatable bonds is 4. The molecule has 19 heavy (non-hydrogen) atoms. The fraction of sp³-hybridized carbons (Fsp3) is 0.562. The van der Waals surface area contributed by atoms with Gasteiger partial charge in [-0.15, -0.1) is 0 Å². The molecule has 0 amide bonds. The van der Waals surface area contributed by atoms with Crippen LogP contribution in [0.25, 0.3) is 0 Å². The molecule has 104 valence electrons. The van der Waals surface area contributed by atoms with Crippen LogP contribution in [0.2, 0.25) is 0 Å². The Morgan fingerprint density at radius 1 is 1.26 bits per heavy atom. The summed E-state index contributed by atoms with van der Waals surface area (Å²) in [5.74, 6) is 0.567. The quantitative estimate of drug-likeness (QED) is 0.847. The van der Waals surface area contributed by atoms with Gasteiger partial charge in [-0.25, -0.2) is 0 Å². The lowest BCUT2D eigenvalue weighted by molar-refractivity contribution is -0.150. The third-order valence-corrected chi connectivity index (χ3v) is 3.70. The van der Waals surface area contributed by atoms with Crippen LogP contribution in [0, 0.1) is 5.92 Å². The minimum Gasteiger partial charge on any atom is -0.461 e. The van der Waals surface area contributed by atoms with E-state index in [9.17, 15) is 4.79 Å². The van der Waals surface area contributed by atoms with E-state index in [-0.39, 0.29) is 11.9 Å². The fourth-order valence-corrected chi connectivity index (χ4v) is 2.33. The molecule has 1 fully saturated rings. The Balaban J connectivity index is 1.82. The highest BCUT2D eigenvalue weighted by Crippen LogP contribution is 2.17. The molecule has 0 radical (unpaired) electrons. The number of nitrogens with one attached hydrogen (secondary N) is 1. The molecule has 0 aromatic heterocycles. The highest BCUT2D eigenvalue weighted by Gasteiger charge is 2.22. The fourth-order valence-electron chi connectivity index (χ4n) is 2.33. The van der Waals surface area contributed by atoms with Gasteiger partial charge in [0.25, 0.3) is 0 Å². The van der Waals surface area contributed by atoms with Crippen LogP contribution in [-0.4, -0.2) is 19.1 Å². The molecule has 2 rings (SSSR count). The SMILES string of the molecule is CC(C)c1ccc(COC(=O)C2CCNCC2)cc1. The van der Waals surface area contributed by atoms with Crippen LogP contribution in [0.1, 0.15) is 43.7 Å². The zero-order valence-electron chi connectivity index (χ0n) is 11.8. The standard InChI is InChI=1S/C16H23NO2/c1-12(2)14-5-3-13(4-6-14)11-19-16(18)15-7-9-17-10-8-15/h3-6,12,15,17H,7-11H2,1-2H3. The van der Waals surface area contributed by atoms with Crippen molar-refractivity contribution >= 4 is 5.97 Å². The molecular formula is C16H23NO2. The highest BCUT2D eigenvalue weighted by molar-refractivity contribution is 5.72. The van der Waals surface area contributed by atoms with Crippen LogP contribution >= 0.6 is 0 Å². The molecule has 1 aromatic rings. The van der Waals surface area contributed by atoms with Crippen LogP contribution in [0.4, 0.5) is 0 Å². The lowest BCUT2D eigenvalue weighted by Crippen LogP contribution is -2.32. The molecule has 1 aliphatic heterocycles. The lowest BCUT2D eigenvalue weighted by atomic mass is 9.98. The summed E-state index contributed by atoms with van der Waals surface area (Å²) in [5, 5.41) is 3.25. The predicted octanol–water partition coefficient (Wildman–Crippen LogP) is 2.85. The van der Waals surface area contributed by atoms with Crippen molar-refractivity contribution in [1.29, 1.82) is 0 Å². The van der Waals surface area contributed by atoms with Crippen molar-refractivity contribution < 1.29 is 9.53 Å². The maximum Gasteiger partial charge on any atom is 0.309 e. The predicted molar refractivity (Wildman–Crippen MR) is 75.9 cm³/mol. The maximum atomic E-state index is 11.9. The van der Waals surface area contributed by atoms with E-state index in [1.807, 2.05) is 12.1 Å². The van der Waals surface area contributed by atoms with Crippen LogP contribution in [-0.2, 0) is 16.1 Å². The minimum absolute atomic E-state index is 0.0468. The van der Waals surface area contributed by atoms with Gasteiger partial charge in [-0.3, -0.25) is 4.79 Å². The first-order chi connectivity index (χ1) is 9.16. The van der Waals surface area contributed by atoms with Crippen molar-refractivity contribution in [2.45, 2.75) is 39.2 Å². The van der Waals surface area contributed by atoms with E-state index in [1.54, 1.807) is 0 Å².